The third-order valence-corrected chi connectivity index (χ3v) is 2.71. The molecule has 0 fully saturated rings. The molecule has 0 spiro atoms. The van der Waals surface area contributed by atoms with Crippen LogP contribution in [-0.4, -0.2) is 17.9 Å². The van der Waals surface area contributed by atoms with E-state index in [1.807, 2.05) is 0 Å². The van der Waals surface area contributed by atoms with E-state index in [1.54, 1.807) is 7.05 Å². The van der Waals surface area contributed by atoms with Crippen molar-refractivity contribution >= 4 is 29.0 Å². The summed E-state index contributed by atoms with van der Waals surface area (Å²) in [6.45, 7) is 0. The van der Waals surface area contributed by atoms with Crippen molar-refractivity contribution in [3.63, 3.8) is 0 Å². The number of amides is 1. The minimum absolute atomic E-state index is 0.0935. The highest BCUT2D eigenvalue weighted by Gasteiger charge is 2.14. The van der Waals surface area contributed by atoms with Gasteiger partial charge >= 0.3 is 0 Å². The number of carbonyl (C=O) groups excluding carboxylic acids is 1. The van der Waals surface area contributed by atoms with Crippen LogP contribution in [0.3, 0.4) is 0 Å². The van der Waals surface area contributed by atoms with Gasteiger partial charge in [-0.2, -0.15) is 0 Å². The molecule has 1 aromatic heterocycles. The summed E-state index contributed by atoms with van der Waals surface area (Å²) in [7, 11) is 1.61. The normalized spacial score (nSPS) is 10.2. The molecule has 4 nitrogen and oxygen atoms in total. The van der Waals surface area contributed by atoms with E-state index < -0.39 is 23.2 Å². The highest BCUT2D eigenvalue weighted by atomic mass is 35.5. The van der Waals surface area contributed by atoms with E-state index in [1.165, 1.54) is 18.2 Å². The fraction of sp³-hybridized carbons (Fsp3) is 0.0769. The number of nitrogens with one attached hydrogen (secondary N) is 2. The molecular weight excluding hydrogens is 288 g/mol. The van der Waals surface area contributed by atoms with Crippen molar-refractivity contribution in [1.29, 1.82) is 0 Å². The second kappa shape index (κ2) is 5.83. The molecule has 0 aliphatic carbocycles. The van der Waals surface area contributed by atoms with Crippen LogP contribution in [0.2, 0.25) is 5.15 Å². The van der Waals surface area contributed by atoms with Gasteiger partial charge in [0, 0.05) is 12.6 Å². The molecule has 7 heteroatoms. The predicted octanol–water partition coefficient (Wildman–Crippen LogP) is 3.31. The van der Waals surface area contributed by atoms with Crippen LogP contribution in [0.15, 0.2) is 30.3 Å². The fourth-order valence-corrected chi connectivity index (χ4v) is 1.77. The Hall–Kier alpha value is -2.21. The van der Waals surface area contributed by atoms with Gasteiger partial charge in [0.2, 0.25) is 0 Å². The lowest BCUT2D eigenvalue weighted by atomic mass is 10.2. The summed E-state index contributed by atoms with van der Waals surface area (Å²) in [6, 6.07) is 6.04. The maximum atomic E-state index is 13.4. The van der Waals surface area contributed by atoms with Crippen LogP contribution in [0, 0.1) is 11.6 Å². The first-order chi connectivity index (χ1) is 9.51. The van der Waals surface area contributed by atoms with Crippen LogP contribution in [0.4, 0.5) is 20.3 Å². The number of aromatic nitrogens is 1. The first kappa shape index (κ1) is 14.2. The number of pyridine rings is 1. The lowest BCUT2D eigenvalue weighted by Gasteiger charge is -2.08. The Balaban J connectivity index is 2.31. The Morgan fingerprint density at radius 2 is 1.90 bits per heavy atom. The largest absolute Gasteiger partial charge is 0.373 e. The van der Waals surface area contributed by atoms with Gasteiger partial charge in [0.05, 0.1) is 0 Å². The molecule has 0 radical (unpaired) electrons. The molecule has 0 saturated heterocycles. The molecule has 1 aromatic carbocycles. The van der Waals surface area contributed by atoms with Gasteiger partial charge in [-0.1, -0.05) is 17.7 Å². The third kappa shape index (κ3) is 3.03. The summed E-state index contributed by atoms with van der Waals surface area (Å²) in [5.41, 5.74) is -0.367. The van der Waals surface area contributed by atoms with Gasteiger partial charge in [0.15, 0.2) is 0 Å². The summed E-state index contributed by atoms with van der Waals surface area (Å²) in [5.74, 6) is -2.02. The van der Waals surface area contributed by atoms with Crippen LogP contribution in [-0.2, 0) is 0 Å². The van der Waals surface area contributed by atoms with E-state index in [0.717, 1.165) is 12.1 Å². The Kier molecular flexibility index (Phi) is 4.14. The number of halogens is 3. The molecule has 1 amide bonds. The third-order valence-electron chi connectivity index (χ3n) is 2.51. The number of hydrogen-bond donors (Lipinski definition) is 2. The van der Waals surface area contributed by atoms with Gasteiger partial charge in [-0.05, 0) is 24.3 Å². The molecular formula is C13H10ClF2N3O. The number of nitrogens with zero attached hydrogens (tertiary/aromatic N) is 1. The van der Waals surface area contributed by atoms with Gasteiger partial charge in [-0.3, -0.25) is 4.79 Å². The number of anilines is 2. The smallest absolute Gasteiger partial charge is 0.256 e. The zero-order chi connectivity index (χ0) is 14.7. The van der Waals surface area contributed by atoms with E-state index in [-0.39, 0.29) is 10.7 Å². The van der Waals surface area contributed by atoms with Gasteiger partial charge in [0.1, 0.15) is 28.3 Å². The highest BCUT2D eigenvalue weighted by Crippen LogP contribution is 2.20. The molecule has 0 unspecified atom stereocenters. The van der Waals surface area contributed by atoms with Gasteiger partial charge in [-0.15, -0.1) is 0 Å². The fourth-order valence-electron chi connectivity index (χ4n) is 1.56. The average molecular weight is 298 g/mol. The minimum atomic E-state index is -0.854. The molecule has 0 bridgehead atoms. The SMILES string of the molecule is CNc1cc(C(=O)Nc2c(F)cccc2F)cc(Cl)n1. The van der Waals surface area contributed by atoms with Crippen LogP contribution in [0.5, 0.6) is 0 Å². The van der Waals surface area contributed by atoms with Crippen molar-refractivity contribution < 1.29 is 13.6 Å². The van der Waals surface area contributed by atoms with Crippen LogP contribution in [0.25, 0.3) is 0 Å². The van der Waals surface area contributed by atoms with Gasteiger partial charge in [-0.25, -0.2) is 13.8 Å². The standard InChI is InChI=1S/C13H10ClF2N3O/c1-17-11-6-7(5-10(14)18-11)13(20)19-12-8(15)3-2-4-9(12)16/h2-6H,1H3,(H,17,18)(H,19,20). The molecule has 0 saturated carbocycles. The number of rotatable bonds is 3. The quantitative estimate of drug-likeness (QED) is 0.855. The van der Waals surface area contributed by atoms with Crippen molar-refractivity contribution in [2.45, 2.75) is 0 Å². The molecule has 2 N–H and O–H groups in total. The lowest BCUT2D eigenvalue weighted by molar-refractivity contribution is 0.102. The zero-order valence-electron chi connectivity index (χ0n) is 10.4. The topological polar surface area (TPSA) is 54.0 Å². The first-order valence-electron chi connectivity index (χ1n) is 5.62. The molecule has 1 heterocycles. The van der Waals surface area contributed by atoms with Crippen molar-refractivity contribution in [2.75, 3.05) is 17.7 Å². The molecule has 0 aliphatic heterocycles. The Labute approximate surface area is 118 Å². The average Bonchev–Trinajstić information content (AvgIpc) is 2.42. The van der Waals surface area contributed by atoms with Crippen molar-refractivity contribution in [3.05, 3.63) is 52.7 Å². The van der Waals surface area contributed by atoms with Gasteiger partial charge < -0.3 is 10.6 Å². The van der Waals surface area contributed by atoms with Crippen LogP contribution >= 0.6 is 11.6 Å². The van der Waals surface area contributed by atoms with Crippen LogP contribution in [0.1, 0.15) is 10.4 Å². The number of para-hydroxylation sites is 1. The molecule has 2 aromatic rings. The second-order valence-corrected chi connectivity index (χ2v) is 4.25. The maximum absolute atomic E-state index is 13.4. The van der Waals surface area contributed by atoms with Crippen molar-refractivity contribution in [2.24, 2.45) is 0 Å². The monoisotopic (exact) mass is 297 g/mol. The van der Waals surface area contributed by atoms with Crippen molar-refractivity contribution in [1.82, 2.24) is 4.98 Å². The van der Waals surface area contributed by atoms with E-state index >= 15 is 0 Å². The number of hydrogen-bond acceptors (Lipinski definition) is 3. The van der Waals surface area contributed by atoms with E-state index in [4.69, 9.17) is 11.6 Å². The molecule has 2 rings (SSSR count). The first-order valence-corrected chi connectivity index (χ1v) is 5.99. The van der Waals surface area contributed by atoms with Crippen molar-refractivity contribution in [3.8, 4) is 0 Å². The summed E-state index contributed by atoms with van der Waals surface area (Å²) >= 11 is 5.76. The molecule has 104 valence electrons. The van der Waals surface area contributed by atoms with Gasteiger partial charge in [0.25, 0.3) is 5.91 Å². The van der Waals surface area contributed by atoms with E-state index in [2.05, 4.69) is 15.6 Å². The van der Waals surface area contributed by atoms with E-state index in [9.17, 15) is 13.6 Å². The number of benzene rings is 1. The maximum Gasteiger partial charge on any atom is 0.256 e. The second-order valence-electron chi connectivity index (χ2n) is 3.86. The predicted molar refractivity (Wildman–Crippen MR) is 73.1 cm³/mol. The lowest BCUT2D eigenvalue weighted by Crippen LogP contribution is -2.15. The zero-order valence-corrected chi connectivity index (χ0v) is 11.1. The summed E-state index contributed by atoms with van der Waals surface area (Å²) in [4.78, 5) is 15.9. The summed E-state index contributed by atoms with van der Waals surface area (Å²) < 4.78 is 26.9. The Morgan fingerprint density at radius 3 is 2.50 bits per heavy atom. The summed E-state index contributed by atoms with van der Waals surface area (Å²) in [5, 5.41) is 4.99. The Bertz CT molecular complexity index is 644. The highest BCUT2D eigenvalue weighted by molar-refractivity contribution is 6.30. The minimum Gasteiger partial charge on any atom is -0.373 e. The number of carbonyl (C=O) groups is 1. The molecule has 0 aliphatic rings. The molecule has 0 atom stereocenters. The molecule has 20 heavy (non-hydrogen) atoms. The van der Waals surface area contributed by atoms with Crippen LogP contribution < -0.4 is 10.6 Å². The Morgan fingerprint density at radius 1 is 1.25 bits per heavy atom. The van der Waals surface area contributed by atoms with E-state index in [0.29, 0.717) is 5.82 Å². The summed E-state index contributed by atoms with van der Waals surface area (Å²) in [6.07, 6.45) is 0.